The van der Waals surface area contributed by atoms with Gasteiger partial charge < -0.3 is 4.74 Å². The first-order chi connectivity index (χ1) is 9.22. The molecule has 0 heterocycles. The van der Waals surface area contributed by atoms with Crippen LogP contribution >= 0.6 is 0 Å². The Bertz CT molecular complexity index is 467. The number of ketones is 1. The van der Waals surface area contributed by atoms with Crippen LogP contribution in [0, 0.1) is 5.92 Å². The topological polar surface area (TPSA) is 26.3 Å². The Hall–Kier alpha value is -1.31. The van der Waals surface area contributed by atoms with Gasteiger partial charge in [-0.1, -0.05) is 53.7 Å². The van der Waals surface area contributed by atoms with Crippen molar-refractivity contribution in [2.45, 2.75) is 59.3 Å². The van der Waals surface area contributed by atoms with Gasteiger partial charge in [0.2, 0.25) is 0 Å². The van der Waals surface area contributed by atoms with E-state index in [1.165, 1.54) is 0 Å². The molecule has 1 aromatic rings. The highest BCUT2D eigenvalue weighted by atomic mass is 16.5. The van der Waals surface area contributed by atoms with E-state index in [2.05, 4.69) is 40.7 Å². The maximum absolute atomic E-state index is 12.2. The van der Waals surface area contributed by atoms with Gasteiger partial charge in [0.05, 0.1) is 7.11 Å². The largest absolute Gasteiger partial charge is 0.496 e. The van der Waals surface area contributed by atoms with Gasteiger partial charge >= 0.3 is 0 Å². The van der Waals surface area contributed by atoms with Crippen LogP contribution in [0.25, 0.3) is 0 Å². The molecule has 2 heteroatoms. The van der Waals surface area contributed by atoms with Crippen LogP contribution in [-0.4, -0.2) is 12.9 Å². The van der Waals surface area contributed by atoms with E-state index in [4.69, 9.17) is 4.74 Å². The summed E-state index contributed by atoms with van der Waals surface area (Å²) in [7, 11) is 1.70. The summed E-state index contributed by atoms with van der Waals surface area (Å²) in [5, 5.41) is 0. The zero-order valence-corrected chi connectivity index (χ0v) is 13.9. The lowest BCUT2D eigenvalue weighted by atomic mass is 9.79. The summed E-state index contributed by atoms with van der Waals surface area (Å²) < 4.78 is 5.47. The third-order valence-corrected chi connectivity index (χ3v) is 3.75. The SMILES string of the molecule is CCC(=O)C(c1ccc(OC)c(C(C)(C)C)c1)C(C)C. The van der Waals surface area contributed by atoms with Gasteiger partial charge in [-0.3, -0.25) is 4.79 Å². The van der Waals surface area contributed by atoms with E-state index < -0.39 is 0 Å². The highest BCUT2D eigenvalue weighted by molar-refractivity contribution is 5.85. The molecular formula is C18H28O2. The molecule has 112 valence electrons. The third-order valence-electron chi connectivity index (χ3n) is 3.75. The highest BCUT2D eigenvalue weighted by Gasteiger charge is 2.26. The lowest BCUT2D eigenvalue weighted by molar-refractivity contribution is -0.121. The third kappa shape index (κ3) is 3.62. The van der Waals surface area contributed by atoms with Crippen LogP contribution in [0.3, 0.4) is 0 Å². The summed E-state index contributed by atoms with van der Waals surface area (Å²) in [6.07, 6.45) is 0.583. The van der Waals surface area contributed by atoms with Crippen molar-refractivity contribution in [3.8, 4) is 5.75 Å². The van der Waals surface area contributed by atoms with E-state index in [0.29, 0.717) is 18.1 Å². The van der Waals surface area contributed by atoms with Crippen molar-refractivity contribution in [1.29, 1.82) is 0 Å². The van der Waals surface area contributed by atoms with Gasteiger partial charge in [0.1, 0.15) is 11.5 Å². The van der Waals surface area contributed by atoms with Crippen LogP contribution in [0.2, 0.25) is 0 Å². The Morgan fingerprint density at radius 1 is 1.25 bits per heavy atom. The summed E-state index contributed by atoms with van der Waals surface area (Å²) in [5.41, 5.74) is 2.27. The number of Topliss-reactive ketones (excluding diaryl/α,β-unsaturated/α-hetero) is 1. The summed E-state index contributed by atoms with van der Waals surface area (Å²) in [6.45, 7) is 12.7. The molecule has 0 saturated carbocycles. The van der Waals surface area contributed by atoms with E-state index in [-0.39, 0.29) is 11.3 Å². The average Bonchev–Trinajstić information content (AvgIpc) is 2.37. The molecule has 0 aliphatic carbocycles. The average molecular weight is 276 g/mol. The fourth-order valence-corrected chi connectivity index (χ4v) is 2.67. The number of methoxy groups -OCH3 is 1. The molecule has 0 N–H and O–H groups in total. The van der Waals surface area contributed by atoms with E-state index in [0.717, 1.165) is 16.9 Å². The standard InChI is InChI=1S/C18H28O2/c1-8-15(19)17(12(2)3)13-9-10-16(20-7)14(11-13)18(4,5)6/h9-12,17H,8H2,1-7H3. The summed E-state index contributed by atoms with van der Waals surface area (Å²) in [4.78, 5) is 12.2. The van der Waals surface area contributed by atoms with Gasteiger partial charge in [-0.2, -0.15) is 0 Å². The number of rotatable bonds is 5. The molecule has 0 radical (unpaired) electrons. The smallest absolute Gasteiger partial charge is 0.140 e. The molecule has 1 rings (SSSR count). The minimum Gasteiger partial charge on any atom is -0.496 e. The maximum atomic E-state index is 12.2. The number of carbonyl (C=O) groups excluding carboxylic acids is 1. The van der Waals surface area contributed by atoms with E-state index >= 15 is 0 Å². The lowest BCUT2D eigenvalue weighted by Gasteiger charge is -2.26. The van der Waals surface area contributed by atoms with Crippen LogP contribution in [0.1, 0.15) is 65.0 Å². The van der Waals surface area contributed by atoms with E-state index in [1.807, 2.05) is 19.1 Å². The van der Waals surface area contributed by atoms with Gasteiger partial charge in [-0.25, -0.2) is 0 Å². The number of hydrogen-bond donors (Lipinski definition) is 0. The van der Waals surface area contributed by atoms with Crippen molar-refractivity contribution < 1.29 is 9.53 Å². The molecule has 0 amide bonds. The lowest BCUT2D eigenvalue weighted by Crippen LogP contribution is -2.19. The molecule has 0 spiro atoms. The zero-order valence-electron chi connectivity index (χ0n) is 13.9. The molecule has 0 fully saturated rings. The molecule has 20 heavy (non-hydrogen) atoms. The van der Waals surface area contributed by atoms with Crippen molar-refractivity contribution in [3.63, 3.8) is 0 Å². The molecular weight excluding hydrogens is 248 g/mol. The summed E-state index contributed by atoms with van der Waals surface area (Å²) in [5.74, 6) is 1.49. The Kier molecular flexibility index (Phi) is 5.38. The van der Waals surface area contributed by atoms with Crippen LogP contribution in [-0.2, 0) is 10.2 Å². The van der Waals surface area contributed by atoms with Crippen LogP contribution < -0.4 is 4.74 Å². The summed E-state index contributed by atoms with van der Waals surface area (Å²) >= 11 is 0. The Balaban J connectivity index is 3.35. The fourth-order valence-electron chi connectivity index (χ4n) is 2.67. The maximum Gasteiger partial charge on any atom is 0.140 e. The van der Waals surface area contributed by atoms with Gasteiger partial charge in [0.25, 0.3) is 0 Å². The molecule has 0 saturated heterocycles. The molecule has 0 aromatic heterocycles. The van der Waals surface area contributed by atoms with E-state index in [1.54, 1.807) is 7.11 Å². The minimum absolute atomic E-state index is 0.00184. The molecule has 1 unspecified atom stereocenters. The number of benzene rings is 1. The predicted molar refractivity (Wildman–Crippen MR) is 84.6 cm³/mol. The second-order valence-corrected chi connectivity index (χ2v) is 6.75. The molecule has 1 atom stereocenters. The van der Waals surface area contributed by atoms with E-state index in [9.17, 15) is 4.79 Å². The molecule has 0 aliphatic heterocycles. The van der Waals surface area contributed by atoms with Crippen LogP contribution in [0.5, 0.6) is 5.75 Å². The first kappa shape index (κ1) is 16.7. The van der Waals surface area contributed by atoms with Gasteiger partial charge in [0.15, 0.2) is 0 Å². The molecule has 2 nitrogen and oxygen atoms in total. The van der Waals surface area contributed by atoms with Gasteiger partial charge in [0, 0.05) is 12.3 Å². The Labute approximate surface area is 123 Å². The van der Waals surface area contributed by atoms with Crippen molar-refractivity contribution in [2.75, 3.05) is 7.11 Å². The first-order valence-corrected chi connectivity index (χ1v) is 7.43. The minimum atomic E-state index is -0.0213. The van der Waals surface area contributed by atoms with Gasteiger partial charge in [-0.05, 0) is 28.5 Å². The Morgan fingerprint density at radius 2 is 1.85 bits per heavy atom. The second-order valence-electron chi connectivity index (χ2n) is 6.75. The monoisotopic (exact) mass is 276 g/mol. The predicted octanol–water partition coefficient (Wildman–Crippen LogP) is 4.71. The van der Waals surface area contributed by atoms with Crippen molar-refractivity contribution in [2.24, 2.45) is 5.92 Å². The van der Waals surface area contributed by atoms with Crippen molar-refractivity contribution >= 4 is 5.78 Å². The zero-order chi connectivity index (χ0) is 15.5. The van der Waals surface area contributed by atoms with Crippen LogP contribution in [0.4, 0.5) is 0 Å². The normalized spacial score (nSPS) is 13.4. The molecule has 1 aromatic carbocycles. The quantitative estimate of drug-likeness (QED) is 0.778. The number of carbonyl (C=O) groups is 1. The number of ether oxygens (including phenoxy) is 1. The molecule has 0 aliphatic rings. The Morgan fingerprint density at radius 3 is 2.25 bits per heavy atom. The molecule has 0 bridgehead atoms. The van der Waals surface area contributed by atoms with Crippen LogP contribution in [0.15, 0.2) is 18.2 Å². The fraction of sp³-hybridized carbons (Fsp3) is 0.611. The van der Waals surface area contributed by atoms with Crippen molar-refractivity contribution in [1.82, 2.24) is 0 Å². The highest BCUT2D eigenvalue weighted by Crippen LogP contribution is 2.36. The van der Waals surface area contributed by atoms with Crippen molar-refractivity contribution in [3.05, 3.63) is 29.3 Å². The summed E-state index contributed by atoms with van der Waals surface area (Å²) in [6, 6.07) is 6.18. The second kappa shape index (κ2) is 6.43. The van der Waals surface area contributed by atoms with Gasteiger partial charge in [-0.15, -0.1) is 0 Å². The first-order valence-electron chi connectivity index (χ1n) is 7.43. The number of hydrogen-bond acceptors (Lipinski definition) is 2.